The Morgan fingerprint density at radius 2 is 1.72 bits per heavy atom. The zero-order valence-corrected chi connectivity index (χ0v) is 13.3. The predicted molar refractivity (Wildman–Crippen MR) is 82.2 cm³/mol. The maximum absolute atomic E-state index is 13.5. The van der Waals surface area contributed by atoms with Crippen molar-refractivity contribution in [1.29, 1.82) is 0 Å². The Balaban J connectivity index is 1.78. The molecule has 25 heavy (non-hydrogen) atoms. The average Bonchev–Trinajstić information content (AvgIpc) is 2.92. The smallest absolute Gasteiger partial charge is 0.253 e. The molecule has 3 aromatic rings. The largest absolute Gasteiger partial charge is 0.376 e. The van der Waals surface area contributed by atoms with Gasteiger partial charge in [0.2, 0.25) is 11.6 Å². The van der Waals surface area contributed by atoms with Gasteiger partial charge in [0, 0.05) is 18.4 Å². The minimum absolute atomic E-state index is 0.0822. The fraction of sp³-hybridized carbons (Fsp3) is 0.188. The first kappa shape index (κ1) is 16.9. The highest BCUT2D eigenvalue weighted by molar-refractivity contribution is 5.46. The monoisotopic (exact) mass is 351 g/mol. The van der Waals surface area contributed by atoms with E-state index in [4.69, 9.17) is 0 Å². The maximum Gasteiger partial charge on any atom is 0.253 e. The highest BCUT2D eigenvalue weighted by Crippen LogP contribution is 2.22. The first-order valence-electron chi connectivity index (χ1n) is 7.29. The zero-order chi connectivity index (χ0) is 18.1. The number of pyridine rings is 2. The number of hydrogen-bond acceptors (Lipinski definition) is 4. The number of halogens is 4. The molecule has 0 saturated heterocycles. The third-order valence-corrected chi connectivity index (χ3v) is 3.50. The van der Waals surface area contributed by atoms with E-state index in [9.17, 15) is 17.6 Å². The van der Waals surface area contributed by atoms with E-state index in [1.165, 1.54) is 6.20 Å². The van der Waals surface area contributed by atoms with Gasteiger partial charge in [-0.25, -0.2) is 9.67 Å². The van der Waals surface area contributed by atoms with Crippen molar-refractivity contribution in [2.75, 3.05) is 5.32 Å². The van der Waals surface area contributed by atoms with Crippen molar-refractivity contribution in [1.82, 2.24) is 19.7 Å². The van der Waals surface area contributed by atoms with Gasteiger partial charge in [-0.1, -0.05) is 6.07 Å². The Bertz CT molecular complexity index is 895. The molecule has 0 aliphatic rings. The Morgan fingerprint density at radius 3 is 2.24 bits per heavy atom. The van der Waals surface area contributed by atoms with Crippen molar-refractivity contribution < 1.29 is 17.6 Å². The second-order valence-electron chi connectivity index (χ2n) is 5.41. The van der Waals surface area contributed by atoms with Gasteiger partial charge in [-0.05, 0) is 31.5 Å². The molecule has 0 spiro atoms. The Hall–Kier alpha value is -2.97. The molecule has 0 radical (unpaired) electrons. The molecule has 9 heteroatoms. The van der Waals surface area contributed by atoms with Gasteiger partial charge in [0.15, 0.2) is 5.82 Å². The second kappa shape index (κ2) is 6.50. The van der Waals surface area contributed by atoms with Crippen LogP contribution < -0.4 is 5.32 Å². The average molecular weight is 351 g/mol. The second-order valence-corrected chi connectivity index (χ2v) is 5.41. The molecular weight excluding hydrogens is 338 g/mol. The number of nitrogens with one attached hydrogen (secondary N) is 1. The van der Waals surface area contributed by atoms with Crippen LogP contribution in [0.25, 0.3) is 5.82 Å². The number of rotatable bonds is 4. The van der Waals surface area contributed by atoms with E-state index < -0.39 is 29.2 Å². The predicted octanol–water partition coefficient (Wildman–Crippen LogP) is 3.45. The van der Waals surface area contributed by atoms with Crippen LogP contribution in [-0.2, 0) is 6.54 Å². The lowest BCUT2D eigenvalue weighted by atomic mass is 10.2. The highest BCUT2D eigenvalue weighted by Gasteiger charge is 2.20. The fourth-order valence-corrected chi connectivity index (χ4v) is 2.34. The van der Waals surface area contributed by atoms with E-state index >= 15 is 0 Å². The van der Waals surface area contributed by atoms with Crippen LogP contribution in [0.15, 0.2) is 24.4 Å². The van der Waals surface area contributed by atoms with Crippen molar-refractivity contribution in [2.45, 2.75) is 20.4 Å². The van der Waals surface area contributed by atoms with Crippen LogP contribution >= 0.6 is 0 Å². The Kier molecular flexibility index (Phi) is 4.39. The van der Waals surface area contributed by atoms with Crippen molar-refractivity contribution in [3.05, 3.63) is 64.9 Å². The topological polar surface area (TPSA) is 55.6 Å². The lowest BCUT2D eigenvalue weighted by molar-refractivity contribution is 0.410. The van der Waals surface area contributed by atoms with Crippen molar-refractivity contribution in [3.63, 3.8) is 0 Å². The van der Waals surface area contributed by atoms with Crippen LogP contribution in [-0.4, -0.2) is 19.7 Å². The van der Waals surface area contributed by atoms with E-state index in [1.807, 2.05) is 19.9 Å². The summed E-state index contributed by atoms with van der Waals surface area (Å²) >= 11 is 0. The quantitative estimate of drug-likeness (QED) is 0.578. The molecule has 0 aromatic carbocycles. The van der Waals surface area contributed by atoms with E-state index in [0.717, 1.165) is 11.4 Å². The summed E-state index contributed by atoms with van der Waals surface area (Å²) in [6.45, 7) is 3.66. The number of aromatic nitrogens is 4. The van der Waals surface area contributed by atoms with Gasteiger partial charge in [-0.3, -0.25) is 0 Å². The Labute approximate surface area is 140 Å². The standard InChI is InChI=1S/C16H13F4N5/c1-8-5-9(2)25(24-8)11-4-3-10(6-21-11)7-22-14-12(17)15(19)23-16(20)13(14)18/h3-6H,7H2,1-2H3,(H,22,23). The minimum atomic E-state index is -1.71. The van der Waals surface area contributed by atoms with Crippen LogP contribution in [0, 0.1) is 37.4 Å². The maximum atomic E-state index is 13.5. The number of nitrogens with zero attached hydrogens (tertiary/aromatic N) is 4. The van der Waals surface area contributed by atoms with Gasteiger partial charge in [0.1, 0.15) is 5.69 Å². The van der Waals surface area contributed by atoms with Gasteiger partial charge in [0.25, 0.3) is 11.9 Å². The molecule has 0 bridgehead atoms. The van der Waals surface area contributed by atoms with Gasteiger partial charge in [-0.2, -0.15) is 27.6 Å². The normalized spacial score (nSPS) is 11.0. The number of aryl methyl sites for hydroxylation is 2. The first-order valence-corrected chi connectivity index (χ1v) is 7.29. The first-order chi connectivity index (χ1) is 11.9. The molecule has 3 rings (SSSR count). The van der Waals surface area contributed by atoms with Crippen LogP contribution in [0.3, 0.4) is 0 Å². The molecule has 130 valence electrons. The lowest BCUT2D eigenvalue weighted by Gasteiger charge is -2.10. The zero-order valence-electron chi connectivity index (χ0n) is 13.3. The summed E-state index contributed by atoms with van der Waals surface area (Å²) in [6.07, 6.45) is 1.47. The summed E-state index contributed by atoms with van der Waals surface area (Å²) in [7, 11) is 0. The molecular formula is C16H13F4N5. The summed E-state index contributed by atoms with van der Waals surface area (Å²) in [5, 5.41) is 6.62. The van der Waals surface area contributed by atoms with E-state index in [-0.39, 0.29) is 6.54 Å². The van der Waals surface area contributed by atoms with Crippen molar-refractivity contribution >= 4 is 5.69 Å². The highest BCUT2D eigenvalue weighted by atomic mass is 19.2. The van der Waals surface area contributed by atoms with Crippen molar-refractivity contribution in [3.8, 4) is 5.82 Å². The molecule has 0 fully saturated rings. The molecule has 1 N–H and O–H groups in total. The molecule has 3 heterocycles. The fourth-order valence-electron chi connectivity index (χ4n) is 2.34. The van der Waals surface area contributed by atoms with Gasteiger partial charge >= 0.3 is 0 Å². The molecule has 0 unspecified atom stereocenters. The summed E-state index contributed by atoms with van der Waals surface area (Å²) in [5.74, 6) is -6.00. The molecule has 0 aliphatic heterocycles. The molecule has 3 aromatic heterocycles. The van der Waals surface area contributed by atoms with Gasteiger partial charge in [-0.15, -0.1) is 0 Å². The third-order valence-electron chi connectivity index (χ3n) is 3.50. The summed E-state index contributed by atoms with van der Waals surface area (Å²) in [5.41, 5.74) is 1.40. The van der Waals surface area contributed by atoms with E-state index in [0.29, 0.717) is 11.4 Å². The molecule has 0 atom stereocenters. The number of hydrogen-bond donors (Lipinski definition) is 1. The van der Waals surface area contributed by atoms with Crippen LogP contribution in [0.2, 0.25) is 0 Å². The van der Waals surface area contributed by atoms with Crippen LogP contribution in [0.1, 0.15) is 17.0 Å². The summed E-state index contributed by atoms with van der Waals surface area (Å²) in [6, 6.07) is 5.24. The number of anilines is 1. The lowest BCUT2D eigenvalue weighted by Crippen LogP contribution is -2.10. The van der Waals surface area contributed by atoms with Crippen molar-refractivity contribution in [2.24, 2.45) is 0 Å². The van der Waals surface area contributed by atoms with E-state index in [2.05, 4.69) is 20.4 Å². The molecule has 0 amide bonds. The molecule has 0 saturated carbocycles. The Morgan fingerprint density at radius 1 is 1.04 bits per heavy atom. The summed E-state index contributed by atoms with van der Waals surface area (Å²) < 4.78 is 54.9. The van der Waals surface area contributed by atoms with Gasteiger partial charge < -0.3 is 5.32 Å². The molecule has 0 aliphatic carbocycles. The van der Waals surface area contributed by atoms with Gasteiger partial charge in [0.05, 0.1) is 5.69 Å². The van der Waals surface area contributed by atoms with Crippen LogP contribution in [0.5, 0.6) is 0 Å². The van der Waals surface area contributed by atoms with Crippen LogP contribution in [0.4, 0.5) is 23.2 Å². The SMILES string of the molecule is Cc1cc(C)n(-c2ccc(CNc3c(F)c(F)nc(F)c3F)cn2)n1. The third kappa shape index (κ3) is 3.30. The molecule has 5 nitrogen and oxygen atoms in total. The summed E-state index contributed by atoms with van der Waals surface area (Å²) in [4.78, 5) is 6.73. The minimum Gasteiger partial charge on any atom is -0.376 e. The van der Waals surface area contributed by atoms with E-state index in [1.54, 1.807) is 16.8 Å².